The number of rotatable bonds is 7. The van der Waals surface area contributed by atoms with Gasteiger partial charge in [0.25, 0.3) is 0 Å². The van der Waals surface area contributed by atoms with E-state index in [1.165, 1.54) is 18.9 Å². The third-order valence-electron chi connectivity index (χ3n) is 6.98. The fourth-order valence-electron chi connectivity index (χ4n) is 4.75. The first-order chi connectivity index (χ1) is 16.3. The highest BCUT2D eigenvalue weighted by Crippen LogP contribution is 2.44. The molecule has 0 spiro atoms. The second-order valence-electron chi connectivity index (χ2n) is 9.04. The molecule has 0 unspecified atom stereocenters. The van der Waals surface area contributed by atoms with Gasteiger partial charge in [0.05, 0.1) is 12.0 Å². The molecule has 180 valence electrons. The highest BCUT2D eigenvalue weighted by Gasteiger charge is 2.39. The summed E-state index contributed by atoms with van der Waals surface area (Å²) in [7, 11) is 1.46. The Balaban J connectivity index is 1.44. The number of benzene rings is 2. The van der Waals surface area contributed by atoms with Crippen molar-refractivity contribution in [3.63, 3.8) is 0 Å². The van der Waals surface area contributed by atoms with Gasteiger partial charge in [0, 0.05) is 26.2 Å². The van der Waals surface area contributed by atoms with Crippen LogP contribution in [0.3, 0.4) is 0 Å². The number of carboxylic acids is 1. The van der Waals surface area contributed by atoms with Crippen LogP contribution in [0.25, 0.3) is 11.1 Å². The topological polar surface area (TPSA) is 105 Å². The first-order valence-electron chi connectivity index (χ1n) is 11.5. The van der Waals surface area contributed by atoms with Crippen molar-refractivity contribution in [1.29, 1.82) is 0 Å². The summed E-state index contributed by atoms with van der Waals surface area (Å²) in [6.07, 6.45) is 0.274. The predicted molar refractivity (Wildman–Crippen MR) is 125 cm³/mol. The van der Waals surface area contributed by atoms with Gasteiger partial charge in [0.1, 0.15) is 12.6 Å². The van der Waals surface area contributed by atoms with E-state index in [9.17, 15) is 19.5 Å². The number of nitrogens with zero attached hydrogens (tertiary/aromatic N) is 1. The lowest BCUT2D eigenvalue weighted by atomic mass is 9.86. The number of carbonyl (C=O) groups is 3. The number of likely N-dealkylation sites (N-methyl/N-ethyl adjacent to an activating group) is 1. The maximum Gasteiger partial charge on any atom is 0.407 e. The molecule has 0 aromatic heterocycles. The number of aliphatic carboxylic acids is 1. The van der Waals surface area contributed by atoms with E-state index < -0.39 is 23.6 Å². The van der Waals surface area contributed by atoms with Gasteiger partial charge in [-0.3, -0.25) is 4.79 Å². The average molecular weight is 467 g/mol. The molecule has 2 N–H and O–H groups in total. The van der Waals surface area contributed by atoms with E-state index in [2.05, 4.69) is 29.6 Å². The summed E-state index contributed by atoms with van der Waals surface area (Å²) in [5.74, 6) is -1.50. The van der Waals surface area contributed by atoms with Crippen LogP contribution < -0.4 is 5.32 Å². The van der Waals surface area contributed by atoms with Crippen LogP contribution in [-0.4, -0.2) is 66.4 Å². The number of nitrogens with one attached hydrogen (secondary N) is 1. The summed E-state index contributed by atoms with van der Waals surface area (Å²) in [6.45, 7) is 2.43. The molecule has 2 aliphatic rings. The van der Waals surface area contributed by atoms with E-state index in [1.54, 1.807) is 0 Å². The highest BCUT2D eigenvalue weighted by molar-refractivity contribution is 5.84. The Morgan fingerprint density at radius 3 is 2.21 bits per heavy atom. The van der Waals surface area contributed by atoms with Crippen molar-refractivity contribution in [2.45, 2.75) is 43.7 Å². The maximum absolute atomic E-state index is 12.9. The van der Waals surface area contributed by atoms with Gasteiger partial charge in [0.2, 0.25) is 5.91 Å². The van der Waals surface area contributed by atoms with Crippen LogP contribution in [0.5, 0.6) is 0 Å². The van der Waals surface area contributed by atoms with Crippen LogP contribution >= 0.6 is 0 Å². The summed E-state index contributed by atoms with van der Waals surface area (Å²) in [6, 6.07) is 15.3. The molecule has 4 rings (SSSR count). The lowest BCUT2D eigenvalue weighted by molar-refractivity contribution is -0.149. The Morgan fingerprint density at radius 1 is 1.09 bits per heavy atom. The monoisotopic (exact) mass is 466 g/mol. The molecule has 0 radical (unpaired) electrons. The minimum Gasteiger partial charge on any atom is -0.480 e. The van der Waals surface area contributed by atoms with E-state index in [0.29, 0.717) is 26.1 Å². The van der Waals surface area contributed by atoms with Crippen molar-refractivity contribution in [3.05, 3.63) is 59.7 Å². The molecule has 0 saturated carbocycles. The zero-order chi connectivity index (χ0) is 24.3. The summed E-state index contributed by atoms with van der Waals surface area (Å²) in [5, 5.41) is 12.1. The molecule has 1 aliphatic heterocycles. The second kappa shape index (κ2) is 9.85. The smallest absolute Gasteiger partial charge is 0.407 e. The Bertz CT molecular complexity index is 1030. The number of hydrogen-bond donors (Lipinski definition) is 2. The first kappa shape index (κ1) is 23.8. The number of alkyl carbamates (subject to hydrolysis) is 1. The zero-order valence-corrected chi connectivity index (χ0v) is 19.5. The van der Waals surface area contributed by atoms with Crippen LogP contribution in [0.15, 0.2) is 48.5 Å². The standard InChI is InChI=1S/C26H30N2O6/c1-17(24(30)31)28(2)23(29)15-26(11-13-33-14-12-26)27-25(32)34-16-22-20-9-5-3-7-18(20)19-8-4-6-10-21(19)22/h3-10,17,22H,11-16H2,1-2H3,(H,27,32)(H,30,31)/t17-/m0/s1. The van der Waals surface area contributed by atoms with Gasteiger partial charge < -0.3 is 24.8 Å². The van der Waals surface area contributed by atoms with Crippen LogP contribution in [-0.2, 0) is 19.1 Å². The fourth-order valence-corrected chi connectivity index (χ4v) is 4.75. The van der Waals surface area contributed by atoms with Crippen molar-refractivity contribution in [2.75, 3.05) is 26.9 Å². The molecule has 8 nitrogen and oxygen atoms in total. The second-order valence-corrected chi connectivity index (χ2v) is 9.04. The van der Waals surface area contributed by atoms with Gasteiger partial charge in [-0.15, -0.1) is 0 Å². The number of hydrogen-bond acceptors (Lipinski definition) is 5. The molecule has 1 saturated heterocycles. The van der Waals surface area contributed by atoms with Crippen molar-refractivity contribution in [3.8, 4) is 11.1 Å². The van der Waals surface area contributed by atoms with Crippen LogP contribution in [0, 0.1) is 0 Å². The fraction of sp³-hybridized carbons (Fsp3) is 0.423. The van der Waals surface area contributed by atoms with Gasteiger partial charge in [0.15, 0.2) is 0 Å². The van der Waals surface area contributed by atoms with Gasteiger partial charge in [-0.05, 0) is 42.0 Å². The first-order valence-corrected chi connectivity index (χ1v) is 11.5. The average Bonchev–Trinajstić information content (AvgIpc) is 3.16. The minimum atomic E-state index is -1.08. The normalized spacial score (nSPS) is 17.2. The SMILES string of the molecule is C[C@@H](C(=O)O)N(C)C(=O)CC1(NC(=O)OCC2c3ccccc3-c3ccccc32)CCOCC1. The van der Waals surface area contributed by atoms with Crippen LogP contribution in [0.4, 0.5) is 4.79 Å². The van der Waals surface area contributed by atoms with Crippen molar-refractivity contribution in [1.82, 2.24) is 10.2 Å². The van der Waals surface area contributed by atoms with Gasteiger partial charge in [-0.25, -0.2) is 9.59 Å². The van der Waals surface area contributed by atoms with E-state index in [0.717, 1.165) is 22.3 Å². The Hall–Kier alpha value is -3.39. The molecule has 2 aromatic rings. The summed E-state index contributed by atoms with van der Waals surface area (Å²) < 4.78 is 11.1. The molecule has 2 aromatic carbocycles. The molecule has 34 heavy (non-hydrogen) atoms. The van der Waals surface area contributed by atoms with Gasteiger partial charge in [-0.1, -0.05) is 48.5 Å². The Labute approximate surface area is 198 Å². The quantitative estimate of drug-likeness (QED) is 0.648. The minimum absolute atomic E-state index is 0.0192. The number of fused-ring (bicyclic) bond motifs is 3. The molecule has 1 atom stereocenters. The lowest BCUT2D eigenvalue weighted by Gasteiger charge is -2.38. The van der Waals surface area contributed by atoms with Crippen molar-refractivity contribution in [2.24, 2.45) is 0 Å². The maximum atomic E-state index is 12.9. The summed E-state index contributed by atoms with van der Waals surface area (Å²) in [4.78, 5) is 38.2. The van der Waals surface area contributed by atoms with E-state index in [1.807, 2.05) is 24.3 Å². The van der Waals surface area contributed by atoms with Gasteiger partial charge in [-0.2, -0.15) is 0 Å². The molecule has 1 aliphatic carbocycles. The number of carboxylic acid groups (broad SMARTS) is 1. The molecule has 0 bridgehead atoms. The van der Waals surface area contributed by atoms with Crippen LogP contribution in [0.1, 0.15) is 43.2 Å². The number of ether oxygens (including phenoxy) is 2. The highest BCUT2D eigenvalue weighted by atomic mass is 16.5. The summed E-state index contributed by atoms with van der Waals surface area (Å²) in [5.41, 5.74) is 3.70. The molecule has 2 amide bonds. The molecule has 8 heteroatoms. The number of amides is 2. The van der Waals surface area contributed by atoms with Crippen LogP contribution in [0.2, 0.25) is 0 Å². The lowest BCUT2D eigenvalue weighted by Crippen LogP contribution is -2.55. The molecular weight excluding hydrogens is 436 g/mol. The largest absolute Gasteiger partial charge is 0.480 e. The Morgan fingerprint density at radius 2 is 1.65 bits per heavy atom. The van der Waals surface area contributed by atoms with Gasteiger partial charge >= 0.3 is 12.1 Å². The predicted octanol–water partition coefficient (Wildman–Crippen LogP) is 3.40. The van der Waals surface area contributed by atoms with E-state index in [-0.39, 0.29) is 24.9 Å². The number of carbonyl (C=O) groups excluding carboxylic acids is 2. The van der Waals surface area contributed by atoms with E-state index in [4.69, 9.17) is 9.47 Å². The Kier molecular flexibility index (Phi) is 6.88. The van der Waals surface area contributed by atoms with E-state index >= 15 is 0 Å². The third kappa shape index (κ3) is 4.77. The molecule has 1 heterocycles. The summed E-state index contributed by atoms with van der Waals surface area (Å²) >= 11 is 0. The van der Waals surface area contributed by atoms with Crippen molar-refractivity contribution >= 4 is 18.0 Å². The third-order valence-corrected chi connectivity index (χ3v) is 6.98. The molecule has 1 fully saturated rings. The zero-order valence-electron chi connectivity index (χ0n) is 19.5. The molecular formula is C26H30N2O6. The van der Waals surface area contributed by atoms with Crippen molar-refractivity contribution < 1.29 is 29.0 Å².